The number of aromatic nitrogens is 2. The van der Waals surface area contributed by atoms with Crippen molar-refractivity contribution in [3.05, 3.63) is 47.0 Å². The van der Waals surface area contributed by atoms with E-state index in [-0.39, 0.29) is 29.9 Å². The van der Waals surface area contributed by atoms with Crippen LogP contribution in [0.5, 0.6) is 0 Å². The van der Waals surface area contributed by atoms with E-state index in [1.807, 2.05) is 45.9 Å². The number of rotatable bonds is 8. The molecular formula is C24H32N4O5. The number of benzene rings is 1. The van der Waals surface area contributed by atoms with E-state index in [4.69, 9.17) is 9.47 Å². The van der Waals surface area contributed by atoms with Gasteiger partial charge in [-0.15, -0.1) is 0 Å². The van der Waals surface area contributed by atoms with Crippen molar-refractivity contribution in [3.8, 4) is 0 Å². The first-order valence-electron chi connectivity index (χ1n) is 11.1. The summed E-state index contributed by atoms with van der Waals surface area (Å²) in [6.07, 6.45) is 2.18. The first-order valence-corrected chi connectivity index (χ1v) is 11.1. The van der Waals surface area contributed by atoms with Gasteiger partial charge < -0.3 is 19.4 Å². The number of imidazole rings is 1. The number of nitrogens with zero attached hydrogens (tertiary/aromatic N) is 3. The van der Waals surface area contributed by atoms with Crippen molar-refractivity contribution in [1.29, 1.82) is 0 Å². The number of aryl methyl sites for hydroxylation is 1. The lowest BCUT2D eigenvalue weighted by Crippen LogP contribution is -2.64. The van der Waals surface area contributed by atoms with Gasteiger partial charge in [0.2, 0.25) is 5.91 Å². The van der Waals surface area contributed by atoms with Crippen molar-refractivity contribution in [3.63, 3.8) is 0 Å². The van der Waals surface area contributed by atoms with Crippen LogP contribution in [0.2, 0.25) is 0 Å². The van der Waals surface area contributed by atoms with Crippen molar-refractivity contribution in [1.82, 2.24) is 14.9 Å². The SMILES string of the molecule is COC(=O)c1ncn2c1C(=O)N(c1cccc(C)c1C)[C@](C)(C(=O)NCCCOC(C)C)C2. The molecule has 2 aromatic rings. The van der Waals surface area contributed by atoms with Crippen LogP contribution in [0.15, 0.2) is 24.5 Å². The Morgan fingerprint density at radius 1 is 1.27 bits per heavy atom. The third-order valence-corrected chi connectivity index (χ3v) is 5.96. The number of nitrogens with one attached hydrogen (secondary N) is 1. The van der Waals surface area contributed by atoms with Gasteiger partial charge in [0.15, 0.2) is 5.69 Å². The van der Waals surface area contributed by atoms with Gasteiger partial charge in [0.05, 0.1) is 26.1 Å². The van der Waals surface area contributed by atoms with Gasteiger partial charge in [0.25, 0.3) is 5.91 Å². The molecule has 9 heteroatoms. The zero-order chi connectivity index (χ0) is 24.3. The molecule has 1 aliphatic heterocycles. The van der Waals surface area contributed by atoms with Crippen LogP contribution < -0.4 is 10.2 Å². The summed E-state index contributed by atoms with van der Waals surface area (Å²) in [5.74, 6) is -1.47. The number of hydrogen-bond donors (Lipinski definition) is 1. The molecule has 0 bridgehead atoms. The molecule has 2 amide bonds. The second-order valence-corrected chi connectivity index (χ2v) is 8.72. The highest BCUT2D eigenvalue weighted by molar-refractivity contribution is 6.15. The number of methoxy groups -OCH3 is 1. The summed E-state index contributed by atoms with van der Waals surface area (Å²) in [7, 11) is 1.24. The van der Waals surface area contributed by atoms with Gasteiger partial charge >= 0.3 is 5.97 Å². The minimum absolute atomic E-state index is 0.0638. The largest absolute Gasteiger partial charge is 0.464 e. The van der Waals surface area contributed by atoms with E-state index < -0.39 is 17.4 Å². The third kappa shape index (κ3) is 4.64. The smallest absolute Gasteiger partial charge is 0.359 e. The topological polar surface area (TPSA) is 103 Å². The normalized spacial score (nSPS) is 17.8. The maximum absolute atomic E-state index is 13.8. The predicted molar refractivity (Wildman–Crippen MR) is 123 cm³/mol. The Hall–Kier alpha value is -3.20. The quantitative estimate of drug-likeness (QED) is 0.484. The molecule has 1 aromatic carbocycles. The molecule has 9 nitrogen and oxygen atoms in total. The molecule has 1 atom stereocenters. The van der Waals surface area contributed by atoms with Gasteiger partial charge in [-0.1, -0.05) is 12.1 Å². The van der Waals surface area contributed by atoms with Crippen LogP contribution in [0.25, 0.3) is 0 Å². The molecule has 33 heavy (non-hydrogen) atoms. The van der Waals surface area contributed by atoms with Gasteiger partial charge in [-0.3, -0.25) is 14.5 Å². The van der Waals surface area contributed by atoms with Crippen molar-refractivity contribution >= 4 is 23.5 Å². The molecule has 1 N–H and O–H groups in total. The number of carbonyl (C=O) groups is 3. The van der Waals surface area contributed by atoms with Crippen molar-refractivity contribution in [2.45, 2.75) is 59.2 Å². The molecule has 1 aliphatic rings. The molecule has 2 heterocycles. The van der Waals surface area contributed by atoms with Crippen molar-refractivity contribution in [2.75, 3.05) is 25.2 Å². The van der Waals surface area contributed by atoms with Gasteiger partial charge in [-0.2, -0.15) is 0 Å². The summed E-state index contributed by atoms with van der Waals surface area (Å²) < 4.78 is 11.9. The van der Waals surface area contributed by atoms with Crippen molar-refractivity contribution in [2.24, 2.45) is 0 Å². The van der Waals surface area contributed by atoms with E-state index in [0.717, 1.165) is 11.1 Å². The van der Waals surface area contributed by atoms with E-state index in [9.17, 15) is 14.4 Å². The molecule has 0 saturated carbocycles. The lowest BCUT2D eigenvalue weighted by atomic mass is 9.92. The second kappa shape index (κ2) is 9.74. The summed E-state index contributed by atoms with van der Waals surface area (Å²) in [4.78, 5) is 45.1. The molecule has 0 fully saturated rings. The highest BCUT2D eigenvalue weighted by Gasteiger charge is 2.50. The Bertz CT molecular complexity index is 1060. The number of esters is 1. The standard InChI is InChI=1S/C24H32N4O5/c1-15(2)33-12-8-11-25-23(31)24(5)13-27-14-26-19(22(30)32-6)20(27)21(29)28(24)18-10-7-9-16(3)17(18)4/h7,9-10,14-15H,8,11-13H2,1-6H3,(H,25,31)/t24-/m0/s1. The number of hydrogen-bond acceptors (Lipinski definition) is 6. The summed E-state index contributed by atoms with van der Waals surface area (Å²) in [6.45, 7) is 10.6. The maximum atomic E-state index is 13.8. The number of carbonyl (C=O) groups excluding carboxylic acids is 3. The van der Waals surface area contributed by atoms with E-state index >= 15 is 0 Å². The van der Waals surface area contributed by atoms with Crippen molar-refractivity contribution < 1.29 is 23.9 Å². The molecular weight excluding hydrogens is 424 g/mol. The minimum atomic E-state index is -1.24. The number of anilines is 1. The fourth-order valence-electron chi connectivity index (χ4n) is 4.01. The molecule has 178 valence electrons. The summed E-state index contributed by atoms with van der Waals surface area (Å²) in [6, 6.07) is 5.61. The highest BCUT2D eigenvalue weighted by atomic mass is 16.5. The molecule has 0 radical (unpaired) electrons. The fraction of sp³-hybridized carbons (Fsp3) is 0.500. The Labute approximate surface area is 194 Å². The average molecular weight is 457 g/mol. The van der Waals surface area contributed by atoms with Gasteiger partial charge in [0, 0.05) is 18.8 Å². The van der Waals surface area contributed by atoms with Crippen LogP contribution in [0.4, 0.5) is 5.69 Å². The van der Waals surface area contributed by atoms with Gasteiger partial charge in [0.1, 0.15) is 11.2 Å². The first-order chi connectivity index (χ1) is 15.6. The van der Waals surface area contributed by atoms with Crippen LogP contribution >= 0.6 is 0 Å². The molecule has 0 unspecified atom stereocenters. The van der Waals surface area contributed by atoms with E-state index in [1.165, 1.54) is 18.3 Å². The Morgan fingerprint density at radius 2 is 2.00 bits per heavy atom. The lowest BCUT2D eigenvalue weighted by molar-refractivity contribution is -0.126. The summed E-state index contributed by atoms with van der Waals surface area (Å²) in [5, 5.41) is 2.95. The number of ether oxygens (including phenoxy) is 2. The van der Waals surface area contributed by atoms with Crippen LogP contribution in [0.3, 0.4) is 0 Å². The monoisotopic (exact) mass is 456 g/mol. The van der Waals surface area contributed by atoms with Crippen LogP contribution in [-0.2, 0) is 20.8 Å². The minimum Gasteiger partial charge on any atom is -0.464 e. The summed E-state index contributed by atoms with van der Waals surface area (Å²) >= 11 is 0. The molecule has 3 rings (SSSR count). The third-order valence-electron chi connectivity index (χ3n) is 5.96. The van der Waals surface area contributed by atoms with E-state index in [2.05, 4.69) is 10.3 Å². The highest BCUT2D eigenvalue weighted by Crippen LogP contribution is 2.36. The first kappa shape index (κ1) is 24.4. The molecule has 0 saturated heterocycles. The van der Waals surface area contributed by atoms with Crippen LogP contribution in [-0.4, -0.2) is 59.2 Å². The Kier molecular flexibility index (Phi) is 7.22. The average Bonchev–Trinajstić information content (AvgIpc) is 3.19. The summed E-state index contributed by atoms with van der Waals surface area (Å²) in [5.41, 5.74) is 1.28. The number of fused-ring (bicyclic) bond motifs is 1. The Morgan fingerprint density at radius 3 is 2.67 bits per heavy atom. The lowest BCUT2D eigenvalue weighted by Gasteiger charge is -2.44. The predicted octanol–water partition coefficient (Wildman–Crippen LogP) is 2.64. The molecule has 0 spiro atoms. The molecule has 0 aliphatic carbocycles. The maximum Gasteiger partial charge on any atom is 0.359 e. The van der Waals surface area contributed by atoms with Gasteiger partial charge in [-0.25, -0.2) is 9.78 Å². The fourth-order valence-corrected chi connectivity index (χ4v) is 4.01. The van der Waals surface area contributed by atoms with E-state index in [1.54, 1.807) is 11.5 Å². The second-order valence-electron chi connectivity index (χ2n) is 8.72. The van der Waals surface area contributed by atoms with E-state index in [0.29, 0.717) is 25.3 Å². The Balaban J connectivity index is 2.00. The zero-order valence-corrected chi connectivity index (χ0v) is 20.1. The van der Waals surface area contributed by atoms with Gasteiger partial charge in [-0.05, 0) is 58.2 Å². The van der Waals surface area contributed by atoms with Crippen LogP contribution in [0.1, 0.15) is 59.3 Å². The zero-order valence-electron chi connectivity index (χ0n) is 20.1. The van der Waals surface area contributed by atoms with Crippen LogP contribution in [0, 0.1) is 13.8 Å². The number of amides is 2. The molecule has 1 aromatic heterocycles.